The average Bonchev–Trinajstić information content (AvgIpc) is 2.52. The Morgan fingerprint density at radius 3 is 2.76 bits per heavy atom. The van der Waals surface area contributed by atoms with Crippen LogP contribution in [0.1, 0.15) is 5.56 Å². The van der Waals surface area contributed by atoms with Gasteiger partial charge >= 0.3 is 0 Å². The monoisotopic (exact) mass is 299 g/mol. The smallest absolute Gasteiger partial charge is 0.146 e. The predicted molar refractivity (Wildman–Crippen MR) is 85.3 cm³/mol. The van der Waals surface area contributed by atoms with E-state index in [4.69, 9.17) is 22.2 Å². The number of nitrogens with one attached hydrogen (secondary N) is 1. The van der Waals surface area contributed by atoms with Crippen molar-refractivity contribution in [1.82, 2.24) is 4.98 Å². The van der Waals surface area contributed by atoms with Crippen LogP contribution < -0.4 is 16.0 Å². The molecule has 4 nitrogen and oxygen atoms in total. The van der Waals surface area contributed by atoms with E-state index in [0.29, 0.717) is 23.2 Å². The highest BCUT2D eigenvalue weighted by atomic mass is 35.5. The molecule has 5 heteroatoms. The number of rotatable bonds is 4. The fraction of sp³-hybridized carbons (Fsp3) is 0.0625. The van der Waals surface area contributed by atoms with Crippen LogP contribution in [0.3, 0.4) is 0 Å². The molecule has 21 heavy (non-hydrogen) atoms. The summed E-state index contributed by atoms with van der Waals surface area (Å²) in [7, 11) is 0. The first-order valence-corrected chi connectivity index (χ1v) is 6.88. The Labute approximate surface area is 127 Å². The molecule has 0 bridgehead atoms. The van der Waals surface area contributed by atoms with E-state index in [-0.39, 0.29) is 0 Å². The summed E-state index contributed by atoms with van der Waals surface area (Å²) in [6.07, 6.45) is 0. The van der Waals surface area contributed by atoms with Crippen LogP contribution in [-0.4, -0.2) is 4.98 Å². The van der Waals surface area contributed by atoms with E-state index in [1.165, 1.54) is 0 Å². The summed E-state index contributed by atoms with van der Waals surface area (Å²) in [6, 6.07) is 17.2. The van der Waals surface area contributed by atoms with Crippen LogP contribution in [0.15, 0.2) is 54.6 Å². The lowest BCUT2D eigenvalue weighted by molar-refractivity contribution is 0.309. The number of benzene rings is 2. The molecule has 0 aliphatic rings. The Hall–Kier alpha value is -2.30. The number of nitrogens with two attached hydrogens (primary N) is 1. The van der Waals surface area contributed by atoms with Crippen molar-refractivity contribution in [2.75, 3.05) is 5.43 Å². The van der Waals surface area contributed by atoms with Crippen molar-refractivity contribution in [2.45, 2.75) is 6.61 Å². The number of nitrogen functional groups attached to an aromatic ring is 1. The summed E-state index contributed by atoms with van der Waals surface area (Å²) in [6.45, 7) is 0.432. The van der Waals surface area contributed by atoms with Gasteiger partial charge in [0.05, 0.1) is 0 Å². The number of anilines is 1. The molecular formula is C16H14ClN3O. The van der Waals surface area contributed by atoms with Gasteiger partial charge in [0, 0.05) is 10.4 Å². The van der Waals surface area contributed by atoms with E-state index < -0.39 is 0 Å². The molecule has 0 amide bonds. The number of aromatic nitrogens is 1. The zero-order chi connectivity index (χ0) is 14.7. The minimum Gasteiger partial charge on any atom is -0.487 e. The second kappa shape index (κ2) is 5.99. The van der Waals surface area contributed by atoms with E-state index >= 15 is 0 Å². The summed E-state index contributed by atoms with van der Waals surface area (Å²) < 4.78 is 5.87. The van der Waals surface area contributed by atoms with E-state index in [0.717, 1.165) is 16.5 Å². The van der Waals surface area contributed by atoms with Gasteiger partial charge in [-0.05, 0) is 35.9 Å². The Bertz CT molecular complexity index is 776. The molecule has 0 radical (unpaired) electrons. The third-order valence-corrected chi connectivity index (χ3v) is 3.35. The number of halogens is 1. The van der Waals surface area contributed by atoms with Crippen LogP contribution in [0.5, 0.6) is 5.75 Å². The molecule has 0 aliphatic heterocycles. The Morgan fingerprint density at radius 2 is 1.95 bits per heavy atom. The Kier molecular flexibility index (Phi) is 3.90. The van der Waals surface area contributed by atoms with E-state index in [2.05, 4.69) is 10.4 Å². The molecule has 0 unspecified atom stereocenters. The molecule has 2 aromatic carbocycles. The van der Waals surface area contributed by atoms with E-state index in [9.17, 15) is 0 Å². The van der Waals surface area contributed by atoms with Crippen molar-refractivity contribution in [2.24, 2.45) is 5.84 Å². The molecular weight excluding hydrogens is 286 g/mol. The number of fused-ring (bicyclic) bond motifs is 1. The summed E-state index contributed by atoms with van der Waals surface area (Å²) in [5.41, 5.74) is 4.32. The SMILES string of the molecule is NNc1ccc2cccc(OCc3cccc(Cl)c3)c2n1. The maximum Gasteiger partial charge on any atom is 0.146 e. The highest BCUT2D eigenvalue weighted by Gasteiger charge is 2.05. The minimum absolute atomic E-state index is 0.432. The molecule has 0 aliphatic carbocycles. The van der Waals surface area contributed by atoms with Crippen molar-refractivity contribution in [1.29, 1.82) is 0 Å². The lowest BCUT2D eigenvalue weighted by Gasteiger charge is -2.10. The predicted octanol–water partition coefficient (Wildman–Crippen LogP) is 3.75. The van der Waals surface area contributed by atoms with Crippen molar-refractivity contribution in [3.8, 4) is 5.75 Å². The molecule has 3 rings (SSSR count). The molecule has 3 N–H and O–H groups in total. The molecule has 3 aromatic rings. The standard InChI is InChI=1S/C16H14ClN3O/c17-13-5-1-3-11(9-13)10-21-14-6-2-4-12-7-8-15(20-18)19-16(12)14/h1-9H,10,18H2,(H,19,20). The molecule has 0 fully saturated rings. The molecule has 0 atom stereocenters. The van der Waals surface area contributed by atoms with Crippen molar-refractivity contribution >= 4 is 28.3 Å². The number of nitrogens with zero attached hydrogens (tertiary/aromatic N) is 1. The molecule has 1 aromatic heterocycles. The maximum absolute atomic E-state index is 5.97. The normalized spacial score (nSPS) is 10.6. The van der Waals surface area contributed by atoms with Crippen LogP contribution in [0.2, 0.25) is 5.02 Å². The zero-order valence-corrected chi connectivity index (χ0v) is 12.0. The van der Waals surface area contributed by atoms with Gasteiger partial charge in [0.15, 0.2) is 0 Å². The first-order chi connectivity index (χ1) is 10.3. The number of hydrogen-bond acceptors (Lipinski definition) is 4. The van der Waals surface area contributed by atoms with E-state index in [1.54, 1.807) is 0 Å². The van der Waals surface area contributed by atoms with Crippen LogP contribution in [0.4, 0.5) is 5.82 Å². The molecule has 106 valence electrons. The molecule has 0 saturated carbocycles. The minimum atomic E-state index is 0.432. The van der Waals surface area contributed by atoms with Crippen LogP contribution in [0, 0.1) is 0 Å². The molecule has 1 heterocycles. The van der Waals surface area contributed by atoms with E-state index in [1.807, 2.05) is 54.6 Å². The van der Waals surface area contributed by atoms with Gasteiger partial charge in [0.2, 0.25) is 0 Å². The Balaban J connectivity index is 1.89. The zero-order valence-electron chi connectivity index (χ0n) is 11.2. The lowest BCUT2D eigenvalue weighted by atomic mass is 10.2. The number of para-hydroxylation sites is 1. The van der Waals surface area contributed by atoms with Gasteiger partial charge in [0.1, 0.15) is 23.7 Å². The largest absolute Gasteiger partial charge is 0.487 e. The van der Waals surface area contributed by atoms with Crippen LogP contribution >= 0.6 is 11.6 Å². The third-order valence-electron chi connectivity index (χ3n) is 3.11. The highest BCUT2D eigenvalue weighted by Crippen LogP contribution is 2.26. The number of pyridine rings is 1. The second-order valence-corrected chi connectivity index (χ2v) is 5.02. The van der Waals surface area contributed by atoms with Crippen molar-refractivity contribution in [3.05, 3.63) is 65.2 Å². The molecule has 0 spiro atoms. The van der Waals surface area contributed by atoms with Gasteiger partial charge in [0.25, 0.3) is 0 Å². The van der Waals surface area contributed by atoms with Crippen molar-refractivity contribution in [3.63, 3.8) is 0 Å². The third kappa shape index (κ3) is 3.07. The summed E-state index contributed by atoms with van der Waals surface area (Å²) in [5, 5.41) is 1.69. The van der Waals surface area contributed by atoms with Crippen molar-refractivity contribution < 1.29 is 4.74 Å². The first kappa shape index (κ1) is 13.7. The van der Waals surface area contributed by atoms with Gasteiger partial charge in [-0.25, -0.2) is 10.8 Å². The quantitative estimate of drug-likeness (QED) is 0.569. The van der Waals surface area contributed by atoms with Gasteiger partial charge in [-0.1, -0.05) is 35.9 Å². The van der Waals surface area contributed by atoms with Gasteiger partial charge < -0.3 is 10.2 Å². The number of hydrazine groups is 1. The Morgan fingerprint density at radius 1 is 1.10 bits per heavy atom. The fourth-order valence-electron chi connectivity index (χ4n) is 2.10. The summed E-state index contributed by atoms with van der Waals surface area (Å²) in [4.78, 5) is 4.44. The summed E-state index contributed by atoms with van der Waals surface area (Å²) in [5.74, 6) is 6.72. The lowest BCUT2D eigenvalue weighted by Crippen LogP contribution is -2.08. The topological polar surface area (TPSA) is 60.2 Å². The van der Waals surface area contributed by atoms with Crippen LogP contribution in [0.25, 0.3) is 10.9 Å². The highest BCUT2D eigenvalue weighted by molar-refractivity contribution is 6.30. The van der Waals surface area contributed by atoms with Gasteiger partial charge in [-0.2, -0.15) is 0 Å². The number of ether oxygens (including phenoxy) is 1. The van der Waals surface area contributed by atoms with Crippen LogP contribution in [-0.2, 0) is 6.61 Å². The summed E-state index contributed by atoms with van der Waals surface area (Å²) >= 11 is 5.97. The van der Waals surface area contributed by atoms with Gasteiger partial charge in [-0.15, -0.1) is 0 Å². The molecule has 0 saturated heterocycles. The number of hydrogen-bond donors (Lipinski definition) is 2. The maximum atomic E-state index is 5.97. The average molecular weight is 300 g/mol. The van der Waals surface area contributed by atoms with Gasteiger partial charge in [-0.3, -0.25) is 0 Å². The first-order valence-electron chi connectivity index (χ1n) is 6.50. The fourth-order valence-corrected chi connectivity index (χ4v) is 2.32. The second-order valence-electron chi connectivity index (χ2n) is 4.59.